The first-order valence-corrected chi connectivity index (χ1v) is 4.55. The Hall–Kier alpha value is 2.07. The van der Waals surface area contributed by atoms with Crippen molar-refractivity contribution in [1.29, 1.82) is 0 Å². The van der Waals surface area contributed by atoms with Crippen molar-refractivity contribution in [3.05, 3.63) is 0 Å². The van der Waals surface area contributed by atoms with Gasteiger partial charge in [0.2, 0.25) is 10.4 Å². The summed E-state index contributed by atoms with van der Waals surface area (Å²) >= 11 is 4.31. The van der Waals surface area contributed by atoms with Crippen molar-refractivity contribution in [1.82, 2.24) is 0 Å². The van der Waals surface area contributed by atoms with E-state index in [2.05, 4.69) is 15.4 Å². The number of halogens is 1. The molecule has 0 rings (SSSR count). The maximum atomic E-state index is 9.91. The monoisotopic (exact) mass is 255 g/mol. The van der Waals surface area contributed by atoms with Crippen LogP contribution in [-0.4, -0.2) is 21.7 Å². The van der Waals surface area contributed by atoms with E-state index >= 15 is 0 Å². The molecule has 7 nitrogen and oxygen atoms in total. The van der Waals surface area contributed by atoms with Crippen molar-refractivity contribution >= 4 is 32.5 Å². The van der Waals surface area contributed by atoms with Crippen molar-refractivity contribution in [2.24, 2.45) is 3.88 Å². The fourth-order valence-corrected chi connectivity index (χ4v) is 1.26. The predicted molar refractivity (Wildman–Crippen MR) is 28.0 cm³/mol. The summed E-state index contributed by atoms with van der Waals surface area (Å²) in [7, 11) is -10.1. The molecule has 0 bridgehead atoms. The summed E-state index contributed by atoms with van der Waals surface area (Å²) in [5, 5.41) is 0. The molecule has 0 aromatic heterocycles. The van der Waals surface area contributed by atoms with Crippen LogP contribution in [0.5, 0.6) is 0 Å². The zero-order chi connectivity index (χ0) is 8.41. The molecule has 0 heterocycles. The second kappa shape index (κ2) is 7.37. The van der Waals surface area contributed by atoms with Crippen LogP contribution in [0, 0.1) is 0 Å². The summed E-state index contributed by atoms with van der Waals surface area (Å²) in [6.07, 6.45) is 0. The largest absolute Gasteiger partial charge is 1.00 e. The van der Waals surface area contributed by atoms with E-state index in [4.69, 9.17) is 0 Å². The van der Waals surface area contributed by atoms with Crippen molar-refractivity contribution < 1.29 is 84.5 Å². The first kappa shape index (κ1) is 19.6. The smallest absolute Gasteiger partial charge is 0.741 e. The van der Waals surface area contributed by atoms with Crippen LogP contribution in [-0.2, 0) is 24.3 Å². The zero-order valence-electron chi connectivity index (χ0n) is 6.09. The first-order chi connectivity index (χ1) is 4.27. The molecule has 0 aromatic rings. The van der Waals surface area contributed by atoms with Crippen molar-refractivity contribution in [2.75, 3.05) is 0 Å². The summed E-state index contributed by atoms with van der Waals surface area (Å²) < 4.78 is 53.2. The van der Waals surface area contributed by atoms with Crippen LogP contribution < -0.4 is 59.1 Å². The molecule has 0 aromatic carbocycles. The van der Waals surface area contributed by atoms with E-state index in [0.717, 1.165) is 0 Å². The Kier molecular flexibility index (Phi) is 12.1. The zero-order valence-corrected chi connectivity index (χ0v) is 12.5. The molecule has 1 unspecified atom stereocenters. The molecule has 12 heteroatoms. The van der Waals surface area contributed by atoms with Crippen LogP contribution in [0.4, 0.5) is 0 Å². The molecular weight excluding hydrogens is 256 g/mol. The molecule has 0 radical (unpaired) electrons. The molecule has 0 aliphatic carbocycles. The third kappa shape index (κ3) is 12.1. The van der Waals surface area contributed by atoms with Gasteiger partial charge in [-0.05, 0) is 0 Å². The number of hydrogen-bond acceptors (Lipinski definition) is 7. The minimum absolute atomic E-state index is 0. The quantitative estimate of drug-likeness (QED) is 0.275. The number of rotatable bonds is 2. The van der Waals surface area contributed by atoms with Gasteiger partial charge >= 0.3 is 59.1 Å². The molecule has 0 N–H and O–H groups in total. The molecule has 0 fully saturated rings. The molecule has 62 valence electrons. The average molecular weight is 256 g/mol. The van der Waals surface area contributed by atoms with Gasteiger partial charge in [-0.15, -0.1) is 3.88 Å². The van der Waals surface area contributed by atoms with Gasteiger partial charge in [-0.2, -0.15) is 3.63 Å². The Morgan fingerprint density at radius 1 is 1.17 bits per heavy atom. The van der Waals surface area contributed by atoms with Gasteiger partial charge in [-0.1, -0.05) is 0 Å². The van der Waals surface area contributed by atoms with Crippen molar-refractivity contribution in [3.63, 3.8) is 0 Å². The Balaban J connectivity index is -0.000000405. The molecule has 0 aliphatic rings. The van der Waals surface area contributed by atoms with Crippen LogP contribution in [0.15, 0.2) is 3.88 Å². The fourth-order valence-electron chi connectivity index (χ4n) is 0.117. The van der Waals surface area contributed by atoms with Gasteiger partial charge in [0.15, 0.2) is 0 Å². The Bertz CT molecular complexity index is 312. The second-order valence-corrected chi connectivity index (χ2v) is 3.74. The van der Waals surface area contributed by atoms with E-state index in [9.17, 15) is 21.7 Å². The Morgan fingerprint density at radius 3 is 1.58 bits per heavy atom. The molecular formula is ClNNa2O6S2. The molecule has 0 spiro atoms. The summed E-state index contributed by atoms with van der Waals surface area (Å²) in [5.41, 5.74) is 0. The third-order valence-electron chi connectivity index (χ3n) is 0.254. The first-order valence-electron chi connectivity index (χ1n) is 1.52. The van der Waals surface area contributed by atoms with Gasteiger partial charge in [0, 0.05) is 11.8 Å². The van der Waals surface area contributed by atoms with E-state index in [1.165, 1.54) is 0 Å². The van der Waals surface area contributed by atoms with E-state index in [1.807, 2.05) is 3.88 Å². The van der Waals surface area contributed by atoms with Crippen molar-refractivity contribution in [3.8, 4) is 0 Å². The number of hydrogen-bond donors (Lipinski definition) is 0. The van der Waals surface area contributed by atoms with Crippen molar-refractivity contribution in [2.45, 2.75) is 0 Å². The van der Waals surface area contributed by atoms with Crippen LogP contribution in [0.2, 0.25) is 0 Å². The van der Waals surface area contributed by atoms with Crippen LogP contribution in [0.3, 0.4) is 0 Å². The minimum atomic E-state index is -5.31. The topological polar surface area (TPSA) is 119 Å². The second-order valence-electron chi connectivity index (χ2n) is 0.973. The van der Waals surface area contributed by atoms with Crippen LogP contribution in [0.25, 0.3) is 0 Å². The van der Waals surface area contributed by atoms with Gasteiger partial charge in [0.25, 0.3) is 0 Å². The van der Waals surface area contributed by atoms with Gasteiger partial charge in [0.05, 0.1) is 0 Å². The van der Waals surface area contributed by atoms with Gasteiger partial charge in [0.1, 0.15) is 10.3 Å². The Labute approximate surface area is 119 Å². The molecule has 1 atom stereocenters. The molecule has 0 amide bonds. The third-order valence-corrected chi connectivity index (χ3v) is 2.28. The maximum Gasteiger partial charge on any atom is 1.00 e. The van der Waals surface area contributed by atoms with E-state index in [1.54, 1.807) is 0 Å². The summed E-state index contributed by atoms with van der Waals surface area (Å²) in [5.74, 6) is 0. The standard InChI is InChI=1S/ClH2NO6S2.2Na/c1-2-9(3,4)8-10(5,6)7;;/h(H,2,3,4)(H,5,6,7);;/q;2*+1/p-2. The molecule has 0 aliphatic heterocycles. The minimum Gasteiger partial charge on any atom is -0.741 e. The Morgan fingerprint density at radius 2 is 1.50 bits per heavy atom. The van der Waals surface area contributed by atoms with Gasteiger partial charge in [-0.25, -0.2) is 12.6 Å². The normalized spacial score (nSPS) is 14.9. The average Bonchev–Trinajstić information content (AvgIpc) is 1.60. The van der Waals surface area contributed by atoms with E-state index in [0.29, 0.717) is 0 Å². The van der Waals surface area contributed by atoms with Gasteiger partial charge in [-0.3, -0.25) is 0 Å². The van der Waals surface area contributed by atoms with E-state index < -0.39 is 20.7 Å². The fraction of sp³-hybridized carbons (Fsp3) is 0. The molecule has 12 heavy (non-hydrogen) atoms. The summed E-state index contributed by atoms with van der Waals surface area (Å²) in [6, 6.07) is 0. The van der Waals surface area contributed by atoms with Crippen LogP contribution >= 0.6 is 11.8 Å². The van der Waals surface area contributed by atoms with Crippen LogP contribution in [0.1, 0.15) is 0 Å². The number of nitrogens with zero attached hydrogens (tertiary/aromatic N) is 1. The molecule has 0 saturated carbocycles. The maximum absolute atomic E-state index is 9.91. The predicted octanol–water partition coefficient (Wildman–Crippen LogP) is -6.86. The summed E-state index contributed by atoms with van der Waals surface area (Å²) in [4.78, 5) is 0. The summed E-state index contributed by atoms with van der Waals surface area (Å²) in [6.45, 7) is 0. The molecule has 0 saturated heterocycles. The van der Waals surface area contributed by atoms with Gasteiger partial charge < -0.3 is 9.11 Å². The SMILES string of the molecule is O=S(=O)([O-])OS(=O)([O-])=NCl.[Na+].[Na+]. The van der Waals surface area contributed by atoms with E-state index in [-0.39, 0.29) is 59.1 Å².